The lowest BCUT2D eigenvalue weighted by Crippen LogP contribution is -2.33. The van der Waals surface area contributed by atoms with Crippen LogP contribution in [0.15, 0.2) is 30.3 Å². The minimum absolute atomic E-state index is 0.0414. The number of rotatable bonds is 8. The quantitative estimate of drug-likeness (QED) is 0.715. The van der Waals surface area contributed by atoms with Gasteiger partial charge in [0.25, 0.3) is 0 Å². The van der Waals surface area contributed by atoms with E-state index in [0.29, 0.717) is 5.92 Å². The van der Waals surface area contributed by atoms with Crippen molar-refractivity contribution in [2.75, 3.05) is 6.61 Å². The molecule has 2 nitrogen and oxygen atoms in total. The summed E-state index contributed by atoms with van der Waals surface area (Å²) in [6.07, 6.45) is 2.42. The van der Waals surface area contributed by atoms with Gasteiger partial charge in [-0.15, -0.1) is 0 Å². The third-order valence-corrected chi connectivity index (χ3v) is 3.43. The van der Waals surface area contributed by atoms with Crippen molar-refractivity contribution in [1.82, 2.24) is 0 Å². The largest absolute Gasteiger partial charge is 0.376 e. The van der Waals surface area contributed by atoms with Crippen LogP contribution >= 0.6 is 0 Å². The number of ether oxygens (including phenoxy) is 1. The molecule has 19 heavy (non-hydrogen) atoms. The second-order valence-corrected chi connectivity index (χ2v) is 6.05. The molecular formula is C17H29NO. The smallest absolute Gasteiger partial charge is 0.0790 e. The summed E-state index contributed by atoms with van der Waals surface area (Å²) in [4.78, 5) is 0. The molecule has 1 aromatic carbocycles. The lowest BCUT2D eigenvalue weighted by atomic mass is 9.94. The Hall–Kier alpha value is -0.860. The highest BCUT2D eigenvalue weighted by atomic mass is 16.5. The third kappa shape index (κ3) is 5.75. The molecule has 0 heterocycles. The van der Waals surface area contributed by atoms with E-state index in [4.69, 9.17) is 10.5 Å². The van der Waals surface area contributed by atoms with E-state index in [1.54, 1.807) is 0 Å². The molecule has 0 fully saturated rings. The van der Waals surface area contributed by atoms with E-state index in [1.807, 2.05) is 18.2 Å². The van der Waals surface area contributed by atoms with Crippen molar-refractivity contribution >= 4 is 0 Å². The topological polar surface area (TPSA) is 35.2 Å². The van der Waals surface area contributed by atoms with Gasteiger partial charge in [-0.05, 0) is 30.2 Å². The van der Waals surface area contributed by atoms with Crippen molar-refractivity contribution in [2.45, 2.75) is 52.7 Å². The van der Waals surface area contributed by atoms with Gasteiger partial charge in [-0.3, -0.25) is 0 Å². The van der Waals surface area contributed by atoms with Crippen LogP contribution in [0.25, 0.3) is 0 Å². The first kappa shape index (κ1) is 16.2. The molecule has 0 saturated heterocycles. The SMILES string of the molecule is CC(C)CCCOC(C(C)C)C(N)c1ccccc1. The molecule has 0 aromatic heterocycles. The summed E-state index contributed by atoms with van der Waals surface area (Å²) < 4.78 is 6.05. The molecular weight excluding hydrogens is 234 g/mol. The lowest BCUT2D eigenvalue weighted by molar-refractivity contribution is 0.00197. The van der Waals surface area contributed by atoms with Gasteiger partial charge in [0.1, 0.15) is 0 Å². The predicted octanol–water partition coefficient (Wildman–Crippen LogP) is 4.16. The van der Waals surface area contributed by atoms with Gasteiger partial charge in [0.2, 0.25) is 0 Å². The highest BCUT2D eigenvalue weighted by Crippen LogP contribution is 2.23. The lowest BCUT2D eigenvalue weighted by Gasteiger charge is -2.28. The summed E-state index contributed by atoms with van der Waals surface area (Å²) in [6, 6.07) is 10.2. The first-order chi connectivity index (χ1) is 9.02. The van der Waals surface area contributed by atoms with Gasteiger partial charge in [0.05, 0.1) is 12.1 Å². The Bertz CT molecular complexity index is 334. The van der Waals surface area contributed by atoms with Gasteiger partial charge in [0.15, 0.2) is 0 Å². The van der Waals surface area contributed by atoms with Crippen LogP contribution in [-0.4, -0.2) is 12.7 Å². The van der Waals surface area contributed by atoms with Crippen LogP contribution in [0.2, 0.25) is 0 Å². The van der Waals surface area contributed by atoms with E-state index in [-0.39, 0.29) is 12.1 Å². The predicted molar refractivity (Wildman–Crippen MR) is 82.0 cm³/mol. The first-order valence-electron chi connectivity index (χ1n) is 7.44. The molecule has 2 atom stereocenters. The zero-order valence-electron chi connectivity index (χ0n) is 12.8. The minimum Gasteiger partial charge on any atom is -0.376 e. The van der Waals surface area contributed by atoms with Gasteiger partial charge >= 0.3 is 0 Å². The monoisotopic (exact) mass is 263 g/mol. The van der Waals surface area contributed by atoms with E-state index < -0.39 is 0 Å². The summed E-state index contributed by atoms with van der Waals surface area (Å²) in [6.45, 7) is 9.65. The average molecular weight is 263 g/mol. The van der Waals surface area contributed by atoms with Crippen LogP contribution in [0, 0.1) is 11.8 Å². The van der Waals surface area contributed by atoms with Crippen LogP contribution in [0.3, 0.4) is 0 Å². The number of nitrogens with two attached hydrogens (primary N) is 1. The molecule has 0 spiro atoms. The van der Waals surface area contributed by atoms with E-state index in [2.05, 4.69) is 39.8 Å². The molecule has 2 N–H and O–H groups in total. The summed E-state index contributed by atoms with van der Waals surface area (Å²) in [5.74, 6) is 1.16. The fraction of sp³-hybridized carbons (Fsp3) is 0.647. The number of benzene rings is 1. The highest BCUT2D eigenvalue weighted by molar-refractivity contribution is 5.19. The first-order valence-corrected chi connectivity index (χ1v) is 7.44. The molecule has 0 bridgehead atoms. The van der Waals surface area contributed by atoms with Crippen LogP contribution < -0.4 is 5.73 Å². The summed E-state index contributed by atoms with van der Waals surface area (Å²) >= 11 is 0. The molecule has 0 aliphatic carbocycles. The van der Waals surface area contributed by atoms with Crippen LogP contribution in [-0.2, 0) is 4.74 Å². The van der Waals surface area contributed by atoms with Crippen LogP contribution in [0.4, 0.5) is 0 Å². The van der Waals surface area contributed by atoms with Gasteiger partial charge in [-0.2, -0.15) is 0 Å². The Morgan fingerprint density at radius 2 is 1.68 bits per heavy atom. The van der Waals surface area contributed by atoms with Crippen molar-refractivity contribution in [3.63, 3.8) is 0 Å². The van der Waals surface area contributed by atoms with Crippen molar-refractivity contribution in [1.29, 1.82) is 0 Å². The fourth-order valence-corrected chi connectivity index (χ4v) is 2.29. The Balaban J connectivity index is 2.52. The molecule has 0 aliphatic heterocycles. The van der Waals surface area contributed by atoms with Crippen molar-refractivity contribution in [2.24, 2.45) is 17.6 Å². The second-order valence-electron chi connectivity index (χ2n) is 6.05. The maximum absolute atomic E-state index is 6.36. The minimum atomic E-state index is -0.0414. The Labute approximate surface area is 118 Å². The van der Waals surface area contributed by atoms with Crippen molar-refractivity contribution in [3.05, 3.63) is 35.9 Å². The van der Waals surface area contributed by atoms with Gasteiger partial charge in [-0.1, -0.05) is 58.0 Å². The third-order valence-electron chi connectivity index (χ3n) is 3.43. The second kappa shape index (κ2) is 8.34. The zero-order valence-corrected chi connectivity index (χ0v) is 12.8. The van der Waals surface area contributed by atoms with Crippen LogP contribution in [0.5, 0.6) is 0 Å². The molecule has 1 rings (SSSR count). The maximum atomic E-state index is 6.36. The standard InChI is InChI=1S/C17H29NO/c1-13(2)9-8-12-19-17(14(3)4)16(18)15-10-6-5-7-11-15/h5-7,10-11,13-14,16-17H,8-9,12,18H2,1-4H3. The normalized spacial score (nSPS) is 14.9. The average Bonchev–Trinajstić information content (AvgIpc) is 2.38. The zero-order chi connectivity index (χ0) is 14.3. The molecule has 2 unspecified atom stereocenters. The van der Waals surface area contributed by atoms with Gasteiger partial charge in [-0.25, -0.2) is 0 Å². The van der Waals surface area contributed by atoms with E-state index >= 15 is 0 Å². The highest BCUT2D eigenvalue weighted by Gasteiger charge is 2.23. The summed E-state index contributed by atoms with van der Waals surface area (Å²) in [5, 5.41) is 0. The van der Waals surface area contributed by atoms with Crippen molar-refractivity contribution in [3.8, 4) is 0 Å². The van der Waals surface area contributed by atoms with E-state index in [1.165, 1.54) is 6.42 Å². The summed E-state index contributed by atoms with van der Waals surface area (Å²) in [5.41, 5.74) is 7.51. The molecule has 2 heteroatoms. The van der Waals surface area contributed by atoms with Gasteiger partial charge < -0.3 is 10.5 Å². The molecule has 0 saturated carbocycles. The van der Waals surface area contributed by atoms with E-state index in [0.717, 1.165) is 24.5 Å². The van der Waals surface area contributed by atoms with E-state index in [9.17, 15) is 0 Å². The molecule has 0 amide bonds. The van der Waals surface area contributed by atoms with Gasteiger partial charge in [0, 0.05) is 6.61 Å². The summed E-state index contributed by atoms with van der Waals surface area (Å²) in [7, 11) is 0. The van der Waals surface area contributed by atoms with Crippen molar-refractivity contribution < 1.29 is 4.74 Å². The number of hydrogen-bond donors (Lipinski definition) is 1. The molecule has 108 valence electrons. The molecule has 1 aromatic rings. The molecule has 0 aliphatic rings. The number of hydrogen-bond acceptors (Lipinski definition) is 2. The maximum Gasteiger partial charge on any atom is 0.0790 e. The molecule has 0 radical (unpaired) electrons. The van der Waals surface area contributed by atoms with Crippen LogP contribution in [0.1, 0.15) is 52.1 Å². The Morgan fingerprint density at radius 1 is 1.05 bits per heavy atom. The Kier molecular flexibility index (Phi) is 7.11. The fourth-order valence-electron chi connectivity index (χ4n) is 2.29. The Morgan fingerprint density at radius 3 is 2.21 bits per heavy atom.